The Morgan fingerprint density at radius 3 is 2.58 bits per heavy atom. The first-order chi connectivity index (χ1) is 12.5. The quantitative estimate of drug-likeness (QED) is 0.706. The molecule has 2 N–H and O–H groups in total. The Balaban J connectivity index is 2.59. The van der Waals surface area contributed by atoms with Crippen molar-refractivity contribution >= 4 is 23.6 Å². The number of allylic oxidation sites excluding steroid dienone is 1. The molecule has 1 aromatic carbocycles. The maximum absolute atomic E-state index is 12.4. The van der Waals surface area contributed by atoms with Crippen LogP contribution in [0.25, 0.3) is 0 Å². The van der Waals surface area contributed by atoms with Gasteiger partial charge in [0.05, 0.1) is 37.5 Å². The summed E-state index contributed by atoms with van der Waals surface area (Å²) < 4.78 is 15.8. The molecule has 1 heterocycles. The van der Waals surface area contributed by atoms with Crippen LogP contribution >= 0.6 is 11.6 Å². The highest BCUT2D eigenvalue weighted by atomic mass is 35.5. The van der Waals surface area contributed by atoms with Gasteiger partial charge in [-0.2, -0.15) is 0 Å². The average molecular weight is 383 g/mol. The first-order valence-corrected chi connectivity index (χ1v) is 8.73. The van der Waals surface area contributed by atoms with Crippen LogP contribution in [0.1, 0.15) is 38.3 Å². The molecule has 1 unspecified atom stereocenters. The number of ether oxygens (including phenoxy) is 3. The third kappa shape index (κ3) is 4.04. The van der Waals surface area contributed by atoms with Crippen LogP contribution < -0.4 is 20.1 Å². The van der Waals surface area contributed by atoms with E-state index < -0.39 is 18.0 Å². The lowest BCUT2D eigenvalue weighted by Crippen LogP contribution is -2.45. The molecule has 0 bridgehead atoms. The number of amides is 2. The molecule has 1 atom stereocenters. The van der Waals surface area contributed by atoms with Crippen LogP contribution in [0.4, 0.5) is 4.79 Å². The van der Waals surface area contributed by atoms with Crippen molar-refractivity contribution in [2.75, 3.05) is 20.8 Å². The van der Waals surface area contributed by atoms with E-state index in [0.717, 1.165) is 6.42 Å². The van der Waals surface area contributed by atoms with Gasteiger partial charge < -0.3 is 24.8 Å². The number of esters is 1. The van der Waals surface area contributed by atoms with E-state index in [4.69, 9.17) is 25.8 Å². The minimum atomic E-state index is -0.708. The SMILES string of the molecule is CCCC1=C(C(=O)OC)C(c2cc(Cl)c(OCC)c(OC)c2)NC(=O)N1. The van der Waals surface area contributed by atoms with Crippen LogP contribution in [-0.4, -0.2) is 32.8 Å². The molecule has 1 aliphatic heterocycles. The zero-order valence-electron chi connectivity index (χ0n) is 15.3. The molecule has 1 aliphatic rings. The molecule has 8 heteroatoms. The number of carbonyl (C=O) groups excluding carboxylic acids is 2. The van der Waals surface area contributed by atoms with E-state index in [2.05, 4.69) is 10.6 Å². The van der Waals surface area contributed by atoms with E-state index in [9.17, 15) is 9.59 Å². The zero-order chi connectivity index (χ0) is 19.3. The Labute approximate surface area is 157 Å². The highest BCUT2D eigenvalue weighted by molar-refractivity contribution is 6.32. The van der Waals surface area contributed by atoms with Crippen LogP contribution in [0, 0.1) is 0 Å². The summed E-state index contributed by atoms with van der Waals surface area (Å²) in [5.74, 6) is 0.316. The smallest absolute Gasteiger partial charge is 0.337 e. The van der Waals surface area contributed by atoms with Gasteiger partial charge in [0, 0.05) is 5.70 Å². The first-order valence-electron chi connectivity index (χ1n) is 8.35. The van der Waals surface area contributed by atoms with Gasteiger partial charge in [0.1, 0.15) is 0 Å². The third-order valence-corrected chi connectivity index (χ3v) is 4.21. The van der Waals surface area contributed by atoms with Crippen LogP contribution in [0.3, 0.4) is 0 Å². The predicted molar refractivity (Wildman–Crippen MR) is 97.5 cm³/mol. The number of halogens is 1. The van der Waals surface area contributed by atoms with Crippen LogP contribution in [0.2, 0.25) is 5.02 Å². The summed E-state index contributed by atoms with van der Waals surface area (Å²) in [6.07, 6.45) is 1.30. The highest BCUT2D eigenvalue weighted by Crippen LogP contribution is 2.40. The Kier molecular flexibility index (Phi) is 6.74. The van der Waals surface area contributed by atoms with Gasteiger partial charge in [0.25, 0.3) is 0 Å². The van der Waals surface area contributed by atoms with Gasteiger partial charge in [-0.1, -0.05) is 24.9 Å². The Morgan fingerprint density at radius 1 is 1.27 bits per heavy atom. The number of rotatable bonds is 7. The number of hydrogen-bond donors (Lipinski definition) is 2. The van der Waals surface area contributed by atoms with Crippen molar-refractivity contribution in [3.05, 3.63) is 34.0 Å². The lowest BCUT2D eigenvalue weighted by Gasteiger charge is -2.29. The second-order valence-electron chi connectivity index (χ2n) is 5.63. The van der Waals surface area contributed by atoms with E-state index in [1.165, 1.54) is 14.2 Å². The summed E-state index contributed by atoms with van der Waals surface area (Å²) in [6, 6.07) is 2.24. The molecule has 0 aliphatic carbocycles. The van der Waals surface area contributed by atoms with Gasteiger partial charge >= 0.3 is 12.0 Å². The normalized spacial score (nSPS) is 16.7. The van der Waals surface area contributed by atoms with Crippen molar-refractivity contribution < 1.29 is 23.8 Å². The molecule has 0 saturated carbocycles. The van der Waals surface area contributed by atoms with E-state index in [1.807, 2.05) is 13.8 Å². The van der Waals surface area contributed by atoms with Gasteiger partial charge in [-0.15, -0.1) is 0 Å². The number of hydrogen-bond acceptors (Lipinski definition) is 5. The van der Waals surface area contributed by atoms with E-state index in [1.54, 1.807) is 12.1 Å². The number of methoxy groups -OCH3 is 2. The van der Waals surface area contributed by atoms with Gasteiger partial charge in [-0.3, -0.25) is 0 Å². The van der Waals surface area contributed by atoms with Crippen molar-refractivity contribution in [3.8, 4) is 11.5 Å². The monoisotopic (exact) mass is 382 g/mol. The maximum Gasteiger partial charge on any atom is 0.337 e. The fraction of sp³-hybridized carbons (Fsp3) is 0.444. The molecule has 0 radical (unpaired) electrons. The molecule has 2 amide bonds. The molecular weight excluding hydrogens is 360 g/mol. The summed E-state index contributed by atoms with van der Waals surface area (Å²) in [5, 5.41) is 5.78. The number of nitrogens with one attached hydrogen (secondary N) is 2. The molecule has 0 saturated heterocycles. The summed E-state index contributed by atoms with van der Waals surface area (Å²) in [6.45, 7) is 4.22. The number of carbonyl (C=O) groups is 2. The fourth-order valence-electron chi connectivity index (χ4n) is 2.86. The number of benzene rings is 1. The Bertz CT molecular complexity index is 733. The van der Waals surface area contributed by atoms with E-state index >= 15 is 0 Å². The lowest BCUT2D eigenvalue weighted by atomic mass is 9.93. The molecule has 0 fully saturated rings. The van der Waals surface area contributed by atoms with Crippen LogP contribution in [0.15, 0.2) is 23.4 Å². The minimum absolute atomic E-state index is 0.329. The molecule has 7 nitrogen and oxygen atoms in total. The summed E-state index contributed by atoms with van der Waals surface area (Å²) in [4.78, 5) is 24.5. The van der Waals surface area contributed by atoms with Gasteiger partial charge in [0.2, 0.25) is 0 Å². The lowest BCUT2D eigenvalue weighted by molar-refractivity contribution is -0.136. The summed E-state index contributed by atoms with van der Waals surface area (Å²) >= 11 is 6.34. The van der Waals surface area contributed by atoms with Crippen molar-refractivity contribution in [1.29, 1.82) is 0 Å². The first kappa shape index (κ1) is 19.9. The Hall–Kier alpha value is -2.41. The molecule has 26 heavy (non-hydrogen) atoms. The minimum Gasteiger partial charge on any atom is -0.493 e. The standard InChI is InChI=1S/C18H23ClN2O5/c1-5-7-12-14(17(22)25-4)15(21-18(23)20-12)10-8-11(19)16(26-6-2)13(9-10)24-3/h8-9,15H,5-7H2,1-4H3,(H2,20,21,23). The van der Waals surface area contributed by atoms with E-state index in [-0.39, 0.29) is 0 Å². The Morgan fingerprint density at radius 2 is 2.00 bits per heavy atom. The van der Waals surface area contributed by atoms with Crippen molar-refractivity contribution in [1.82, 2.24) is 10.6 Å². The average Bonchev–Trinajstić information content (AvgIpc) is 2.62. The third-order valence-electron chi connectivity index (χ3n) is 3.93. The molecule has 142 valence electrons. The van der Waals surface area contributed by atoms with Crippen LogP contribution in [-0.2, 0) is 9.53 Å². The zero-order valence-corrected chi connectivity index (χ0v) is 16.0. The molecular formula is C18H23ClN2O5. The molecule has 1 aromatic rings. The molecule has 0 spiro atoms. The fourth-order valence-corrected chi connectivity index (χ4v) is 3.13. The molecule has 0 aromatic heterocycles. The van der Waals surface area contributed by atoms with Crippen molar-refractivity contribution in [3.63, 3.8) is 0 Å². The van der Waals surface area contributed by atoms with Crippen molar-refractivity contribution in [2.45, 2.75) is 32.7 Å². The maximum atomic E-state index is 12.4. The van der Waals surface area contributed by atoms with Crippen molar-refractivity contribution in [2.24, 2.45) is 0 Å². The largest absolute Gasteiger partial charge is 0.493 e. The number of urea groups is 1. The van der Waals surface area contributed by atoms with Gasteiger partial charge in [-0.25, -0.2) is 9.59 Å². The predicted octanol–water partition coefficient (Wildman–Crippen LogP) is 3.33. The van der Waals surface area contributed by atoms with Crippen LogP contribution in [0.5, 0.6) is 11.5 Å². The second kappa shape index (κ2) is 8.80. The second-order valence-corrected chi connectivity index (χ2v) is 6.04. The topological polar surface area (TPSA) is 85.9 Å². The molecule has 2 rings (SSSR count). The van der Waals surface area contributed by atoms with Gasteiger partial charge in [0.15, 0.2) is 11.5 Å². The van der Waals surface area contributed by atoms with Gasteiger partial charge in [-0.05, 0) is 31.0 Å². The summed E-state index contributed by atoms with van der Waals surface area (Å²) in [5.41, 5.74) is 1.48. The van der Waals surface area contributed by atoms with E-state index in [0.29, 0.717) is 46.4 Å². The highest BCUT2D eigenvalue weighted by Gasteiger charge is 2.34. The summed E-state index contributed by atoms with van der Waals surface area (Å²) in [7, 11) is 2.80.